The predicted molar refractivity (Wildman–Crippen MR) is 256 cm³/mol. The molecule has 0 spiro atoms. The predicted octanol–water partition coefficient (Wildman–Crippen LogP) is 2.52. The maximum atomic E-state index is 13.7. The highest BCUT2D eigenvalue weighted by Crippen LogP contribution is 2.47. The molecule has 1 aliphatic heterocycles. The highest BCUT2D eigenvalue weighted by Gasteiger charge is 2.31. The number of anilines is 3. The summed E-state index contributed by atoms with van der Waals surface area (Å²) in [6.07, 6.45) is 2.66. The van der Waals surface area contributed by atoms with Crippen molar-refractivity contribution in [2.75, 3.05) is 47.5 Å². The van der Waals surface area contributed by atoms with Crippen molar-refractivity contribution >= 4 is 123 Å². The largest absolute Gasteiger partial charge is 0.748 e. The molecule has 0 amide bonds. The number of carboxylic acid groups (broad SMARTS) is 3. The molecule has 364 valence electrons. The summed E-state index contributed by atoms with van der Waals surface area (Å²) in [5.74, 6) is -4.65. The molecule has 0 aliphatic carbocycles. The zero-order valence-corrected chi connectivity index (χ0v) is 41.0. The van der Waals surface area contributed by atoms with Crippen molar-refractivity contribution in [3.63, 3.8) is 0 Å². The van der Waals surface area contributed by atoms with E-state index in [4.69, 9.17) is 16.3 Å². The van der Waals surface area contributed by atoms with Gasteiger partial charge >= 0.3 is 0 Å². The number of aromatic nitrogens is 1. The number of carbonyl (C=O) groups excluding carboxylic acids is 4. The van der Waals surface area contributed by atoms with Crippen molar-refractivity contribution in [1.82, 2.24) is 4.72 Å². The van der Waals surface area contributed by atoms with Crippen molar-refractivity contribution in [1.29, 1.82) is 0 Å². The molecule has 2 heterocycles. The number of thioether (sulfide) groups is 1. The molecule has 0 saturated heterocycles. The fourth-order valence-electron chi connectivity index (χ4n) is 7.25. The van der Waals surface area contributed by atoms with Crippen molar-refractivity contribution in [2.24, 2.45) is 0 Å². The molecule has 69 heavy (non-hydrogen) atoms. The third kappa shape index (κ3) is 13.0. The molecule has 18 nitrogen and oxygen atoms in total. The van der Waals surface area contributed by atoms with Crippen molar-refractivity contribution in [3.8, 4) is 0 Å². The highest BCUT2D eigenvalue weighted by atomic mass is 35.5. The molecule has 0 fully saturated rings. The first-order valence-corrected chi connectivity index (χ1v) is 25.8. The summed E-state index contributed by atoms with van der Waals surface area (Å²) < 4.78 is 72.7. The molecule has 2 atom stereocenters. The fourth-order valence-corrected chi connectivity index (χ4v) is 11.2. The first-order chi connectivity index (χ1) is 32.7. The third-order valence-corrected chi connectivity index (χ3v) is 15.4. The van der Waals surface area contributed by atoms with Crippen LogP contribution >= 0.6 is 34.7 Å². The lowest BCUT2D eigenvalue weighted by Gasteiger charge is -2.32. The van der Waals surface area contributed by atoms with Gasteiger partial charge in [-0.25, -0.2) is 16.8 Å². The summed E-state index contributed by atoms with van der Waals surface area (Å²) in [6, 6.07) is 26.7. The summed E-state index contributed by atoms with van der Waals surface area (Å²) in [6.45, 7) is 2.13. The van der Waals surface area contributed by atoms with Crippen LogP contribution in [0.4, 0.5) is 17.1 Å². The number of hydrogen-bond acceptors (Lipinski definition) is 18. The van der Waals surface area contributed by atoms with E-state index in [1.807, 2.05) is 53.1 Å². The maximum Gasteiger partial charge on any atom is 0.265 e. The number of aldehydes is 1. The van der Waals surface area contributed by atoms with Gasteiger partial charge in [0.2, 0.25) is 15.5 Å². The number of ether oxygens (including phenoxy) is 1. The van der Waals surface area contributed by atoms with E-state index in [1.54, 1.807) is 23.1 Å². The van der Waals surface area contributed by atoms with E-state index in [1.165, 1.54) is 91.4 Å². The lowest BCUT2D eigenvalue weighted by Crippen LogP contribution is -2.50. The minimum absolute atomic E-state index is 0.0853. The lowest BCUT2D eigenvalue weighted by molar-refractivity contribution is -0.667. The Morgan fingerprint density at radius 3 is 2.22 bits per heavy atom. The number of fused-ring (bicyclic) bond motifs is 4. The molecule has 0 bridgehead atoms. The number of carboxylic acids is 3. The van der Waals surface area contributed by atoms with Crippen LogP contribution < -0.4 is 39.3 Å². The van der Waals surface area contributed by atoms with Gasteiger partial charge in [0.05, 0.1) is 80.4 Å². The molecule has 7 rings (SSSR count). The standard InChI is InChI=1S/C34H33ClN4O8S4.C12H13NO5/c1-22(34(40)41)39(21-47-2)25-8-5-9-26(18-25)51(45,46)36-20-38-28-17-24(35)12-14-29(28)48-32(38)19-31-37(15-6-16-50(42,43)44)33-27-10-4-3-7-23(27)11-13-30(33)49-31;1-8(12(17)18)13(6-11(15)16)10-4-2-9(7-14)3-5-10/h3-5,7-14,17-19,22,36H,6,15-16,20-21H2,1-2H3,(H-,40,41,42,43,44);2-5,7-8H,6H2,1H3,(H,15,16)(H,17,18)/p-3. The number of benzene rings is 5. The molecule has 0 radical (unpaired) electrons. The first kappa shape index (κ1) is 52.3. The molecular formula is C46H43ClN5O13S4-3. The van der Waals surface area contributed by atoms with Gasteiger partial charge in [-0.1, -0.05) is 65.0 Å². The van der Waals surface area contributed by atoms with Crippen LogP contribution in [0.2, 0.25) is 5.02 Å². The molecule has 23 heteroatoms. The number of carbonyl (C=O) groups is 4. The van der Waals surface area contributed by atoms with E-state index in [2.05, 4.69) is 4.72 Å². The molecule has 1 aromatic heterocycles. The number of nitrogens with one attached hydrogen (secondary N) is 1. The van der Waals surface area contributed by atoms with Gasteiger partial charge in [0.25, 0.3) is 5.01 Å². The Kier molecular flexibility index (Phi) is 17.1. The topological polar surface area (TPSA) is 264 Å². The van der Waals surface area contributed by atoms with Crippen LogP contribution in [-0.2, 0) is 45.8 Å². The average Bonchev–Trinajstić information content (AvgIpc) is 3.84. The third-order valence-electron chi connectivity index (χ3n) is 10.7. The number of nitrogens with zero attached hydrogens (tertiary/aromatic N) is 4. The average molecular weight is 1040 g/mol. The Balaban J connectivity index is 0.000000366. The number of methoxy groups -OCH3 is 1. The first-order valence-electron chi connectivity index (χ1n) is 20.7. The number of halogens is 1. The quantitative estimate of drug-likeness (QED) is 0.0498. The second-order valence-corrected chi connectivity index (χ2v) is 21.2. The van der Waals surface area contributed by atoms with Crippen molar-refractivity contribution in [3.05, 3.63) is 124 Å². The van der Waals surface area contributed by atoms with Gasteiger partial charge in [-0.3, -0.25) is 4.79 Å². The van der Waals surface area contributed by atoms with Crippen LogP contribution in [-0.4, -0.2) is 90.5 Å². The van der Waals surface area contributed by atoms with E-state index in [9.17, 15) is 55.9 Å². The summed E-state index contributed by atoms with van der Waals surface area (Å²) in [5, 5.41) is 36.9. The Morgan fingerprint density at radius 2 is 1.57 bits per heavy atom. The van der Waals surface area contributed by atoms with Gasteiger partial charge in [-0.05, 0) is 92.0 Å². The summed E-state index contributed by atoms with van der Waals surface area (Å²) in [4.78, 5) is 48.6. The van der Waals surface area contributed by atoms with Crippen LogP contribution in [0.15, 0.2) is 118 Å². The van der Waals surface area contributed by atoms with Crippen LogP contribution in [0.1, 0.15) is 35.6 Å². The van der Waals surface area contributed by atoms with Crippen LogP contribution in [0, 0.1) is 0 Å². The van der Waals surface area contributed by atoms with E-state index in [-0.39, 0.29) is 31.3 Å². The van der Waals surface area contributed by atoms with Crippen molar-refractivity contribution < 1.29 is 65.2 Å². The minimum Gasteiger partial charge on any atom is -0.748 e. The van der Waals surface area contributed by atoms with Gasteiger partial charge in [0.15, 0.2) is 6.54 Å². The molecule has 2 unspecified atom stereocenters. The van der Waals surface area contributed by atoms with Gasteiger partial charge in [0, 0.05) is 46.1 Å². The second-order valence-electron chi connectivity index (χ2n) is 15.4. The van der Waals surface area contributed by atoms with Gasteiger partial charge in [-0.15, -0.1) is 0 Å². The van der Waals surface area contributed by atoms with Crippen LogP contribution in [0.25, 0.3) is 27.1 Å². The molecule has 1 aliphatic rings. The molecular weight excluding hydrogens is 994 g/mol. The maximum absolute atomic E-state index is 13.7. The van der Waals surface area contributed by atoms with Crippen molar-refractivity contribution in [2.45, 2.75) is 48.7 Å². The molecule has 0 saturated carbocycles. The normalized spacial score (nSPS) is 13.9. The summed E-state index contributed by atoms with van der Waals surface area (Å²) in [5.41, 5.74) is 2.67. The SMILES string of the molecule is CC(C(=O)[O-])N(CC(=O)[O-])c1ccc(C=O)cc1.COCN(c1cccc(S(=O)(=O)NCN2C(=Cc3sc4ccc5ccccc5c4[n+]3CCCS(=O)(=O)[O-])Sc3ccc(Cl)cc32)c1)C(C)C(=O)[O-]. The number of hydrogen-bond donors (Lipinski definition) is 1. The minimum atomic E-state index is -4.42. The Bertz CT molecular complexity index is 3150. The lowest BCUT2D eigenvalue weighted by atomic mass is 10.1. The smallest absolute Gasteiger partial charge is 0.265 e. The van der Waals surface area contributed by atoms with Crippen LogP contribution in [0.3, 0.4) is 0 Å². The van der Waals surface area contributed by atoms with E-state index in [0.717, 1.165) is 35.8 Å². The zero-order valence-electron chi connectivity index (χ0n) is 37.0. The number of aryl methyl sites for hydroxylation is 1. The van der Waals surface area contributed by atoms with Gasteiger partial charge in [0.1, 0.15) is 17.7 Å². The van der Waals surface area contributed by atoms with Gasteiger partial charge in [-0.2, -0.15) is 9.29 Å². The van der Waals surface area contributed by atoms with Gasteiger partial charge < -0.3 is 53.7 Å². The molecule has 1 N–H and O–H groups in total. The Morgan fingerprint density at radius 1 is 0.870 bits per heavy atom. The monoisotopic (exact) mass is 1040 g/mol. The Hall–Kier alpha value is -6.11. The number of aliphatic carboxylic acids is 3. The molecule has 6 aromatic rings. The number of thiazole rings is 1. The van der Waals surface area contributed by atoms with E-state index < -0.39 is 62.4 Å². The van der Waals surface area contributed by atoms with E-state index >= 15 is 0 Å². The highest BCUT2D eigenvalue weighted by molar-refractivity contribution is 8.04. The summed E-state index contributed by atoms with van der Waals surface area (Å²) in [7, 11) is -7.15. The fraction of sp³-hybridized carbons (Fsp3) is 0.239. The van der Waals surface area contributed by atoms with Crippen LogP contribution in [0.5, 0.6) is 0 Å². The number of sulfonamides is 1. The van der Waals surface area contributed by atoms with E-state index in [0.29, 0.717) is 39.0 Å². The second kappa shape index (κ2) is 22.5. The number of rotatable bonds is 20. The zero-order chi connectivity index (χ0) is 50.2. The Labute approximate surface area is 410 Å². The molecule has 5 aromatic carbocycles. The summed E-state index contributed by atoms with van der Waals surface area (Å²) >= 11 is 9.31.